The topological polar surface area (TPSA) is 9.23 Å². The summed E-state index contributed by atoms with van der Waals surface area (Å²) < 4.78 is 5.49. The first-order valence-corrected chi connectivity index (χ1v) is 9.12. The molecule has 0 unspecified atom stereocenters. The van der Waals surface area contributed by atoms with Crippen LogP contribution in [0.1, 0.15) is 38.2 Å². The predicted octanol–water partition coefficient (Wildman–Crippen LogP) is 5.09. The molecule has 0 spiro atoms. The van der Waals surface area contributed by atoms with Crippen molar-refractivity contribution in [3.63, 3.8) is 0 Å². The van der Waals surface area contributed by atoms with Gasteiger partial charge in [0.1, 0.15) is 0 Å². The maximum Gasteiger partial charge on any atom is 0.0471 e. The highest BCUT2D eigenvalue weighted by molar-refractivity contribution is 9.09. The molecule has 0 aliphatic carbocycles. The van der Waals surface area contributed by atoms with Crippen molar-refractivity contribution in [3.05, 3.63) is 29.8 Å². The maximum atomic E-state index is 5.49. The monoisotopic (exact) mass is 342 g/mol. The lowest BCUT2D eigenvalue weighted by molar-refractivity contribution is 0.0374. The van der Waals surface area contributed by atoms with Crippen LogP contribution in [-0.2, 0) is 4.74 Å². The lowest BCUT2D eigenvalue weighted by Crippen LogP contribution is -2.33. The van der Waals surface area contributed by atoms with E-state index in [0.29, 0.717) is 11.3 Å². The number of alkyl halides is 1. The van der Waals surface area contributed by atoms with Crippen molar-refractivity contribution in [1.82, 2.24) is 0 Å². The Labute approximate surface area is 129 Å². The minimum Gasteiger partial charge on any atom is -0.381 e. The number of hydrogen-bond donors (Lipinski definition) is 0. The Balaban J connectivity index is 1.93. The summed E-state index contributed by atoms with van der Waals surface area (Å²) in [4.78, 5) is 1.39. The van der Waals surface area contributed by atoms with E-state index in [1.54, 1.807) is 0 Å². The minimum atomic E-state index is 0.416. The standard InChI is InChI=1S/C16H23BrOS/c1-13(2)14-3-5-15(6-4-14)19-12-16(11-17)7-9-18-10-8-16/h3-6,13H,7-12H2,1-2H3. The second-order valence-corrected chi connectivity index (χ2v) is 7.37. The average Bonchev–Trinajstić information content (AvgIpc) is 2.46. The molecule has 0 amide bonds. The Morgan fingerprint density at radius 3 is 2.37 bits per heavy atom. The van der Waals surface area contributed by atoms with Gasteiger partial charge in [-0.05, 0) is 41.9 Å². The first-order chi connectivity index (χ1) is 9.15. The normalized spacial score (nSPS) is 18.7. The van der Waals surface area contributed by atoms with E-state index in [2.05, 4.69) is 54.0 Å². The van der Waals surface area contributed by atoms with Crippen LogP contribution < -0.4 is 0 Å². The van der Waals surface area contributed by atoms with E-state index in [-0.39, 0.29) is 0 Å². The Bertz CT molecular complexity index is 382. The zero-order chi connectivity index (χ0) is 13.7. The van der Waals surface area contributed by atoms with Gasteiger partial charge in [0, 0.05) is 29.2 Å². The molecule has 1 fully saturated rings. The van der Waals surface area contributed by atoms with Gasteiger partial charge in [0.15, 0.2) is 0 Å². The van der Waals surface area contributed by atoms with E-state index in [1.165, 1.54) is 29.1 Å². The Morgan fingerprint density at radius 1 is 1.21 bits per heavy atom. The Kier molecular flexibility index (Phi) is 5.79. The van der Waals surface area contributed by atoms with Crippen LogP contribution in [0.25, 0.3) is 0 Å². The lowest BCUT2D eigenvalue weighted by atomic mass is 9.85. The summed E-state index contributed by atoms with van der Waals surface area (Å²) >= 11 is 5.69. The fraction of sp³-hybridized carbons (Fsp3) is 0.625. The molecule has 3 heteroatoms. The molecule has 1 saturated heterocycles. The molecule has 1 aromatic rings. The second-order valence-electron chi connectivity index (χ2n) is 5.76. The van der Waals surface area contributed by atoms with Gasteiger partial charge in [0.25, 0.3) is 0 Å². The van der Waals surface area contributed by atoms with Crippen LogP contribution in [0.2, 0.25) is 0 Å². The molecule has 1 aliphatic heterocycles. The third-order valence-corrected chi connectivity index (χ3v) is 6.48. The van der Waals surface area contributed by atoms with Gasteiger partial charge in [0.2, 0.25) is 0 Å². The quantitative estimate of drug-likeness (QED) is 0.544. The molecule has 0 saturated carbocycles. The molecule has 2 rings (SSSR count). The summed E-state index contributed by atoms with van der Waals surface area (Å²) in [6.07, 6.45) is 2.35. The summed E-state index contributed by atoms with van der Waals surface area (Å²) in [7, 11) is 0. The number of benzene rings is 1. The Morgan fingerprint density at radius 2 is 1.84 bits per heavy atom. The summed E-state index contributed by atoms with van der Waals surface area (Å²) in [5, 5.41) is 1.08. The van der Waals surface area contributed by atoms with Crippen LogP contribution in [-0.4, -0.2) is 24.3 Å². The number of hydrogen-bond acceptors (Lipinski definition) is 2. The van der Waals surface area contributed by atoms with Crippen molar-refractivity contribution >= 4 is 27.7 Å². The van der Waals surface area contributed by atoms with Gasteiger partial charge < -0.3 is 4.74 Å². The third kappa shape index (κ3) is 4.24. The second kappa shape index (κ2) is 7.14. The van der Waals surface area contributed by atoms with Crippen LogP contribution in [0.5, 0.6) is 0 Å². The molecule has 1 heterocycles. The highest BCUT2D eigenvalue weighted by Gasteiger charge is 2.31. The van der Waals surface area contributed by atoms with Crippen LogP contribution in [0.4, 0.5) is 0 Å². The SMILES string of the molecule is CC(C)c1ccc(SCC2(CBr)CCOCC2)cc1. The number of halogens is 1. The van der Waals surface area contributed by atoms with Crippen molar-refractivity contribution < 1.29 is 4.74 Å². The molecule has 19 heavy (non-hydrogen) atoms. The van der Waals surface area contributed by atoms with E-state index in [1.807, 2.05) is 11.8 Å². The van der Waals surface area contributed by atoms with Crippen LogP contribution in [0.15, 0.2) is 29.2 Å². The summed E-state index contributed by atoms with van der Waals surface area (Å²) in [5.74, 6) is 1.80. The van der Waals surface area contributed by atoms with Crippen molar-refractivity contribution in [2.75, 3.05) is 24.3 Å². The molecule has 1 aliphatic rings. The summed E-state index contributed by atoms with van der Waals surface area (Å²) in [6, 6.07) is 9.05. The predicted molar refractivity (Wildman–Crippen MR) is 87.5 cm³/mol. The Hall–Kier alpha value is 0.01000. The zero-order valence-electron chi connectivity index (χ0n) is 11.8. The van der Waals surface area contributed by atoms with Crippen LogP contribution >= 0.6 is 27.7 Å². The lowest BCUT2D eigenvalue weighted by Gasteiger charge is -2.35. The van der Waals surface area contributed by atoms with Crippen molar-refractivity contribution in [3.8, 4) is 0 Å². The third-order valence-electron chi connectivity index (χ3n) is 3.93. The van der Waals surface area contributed by atoms with E-state index in [0.717, 1.165) is 18.5 Å². The van der Waals surface area contributed by atoms with Gasteiger partial charge in [0.05, 0.1) is 0 Å². The molecule has 0 bridgehead atoms. The molecule has 0 N–H and O–H groups in total. The molecule has 0 radical (unpaired) electrons. The van der Waals surface area contributed by atoms with Gasteiger partial charge in [-0.3, -0.25) is 0 Å². The molecule has 1 nitrogen and oxygen atoms in total. The molecule has 0 aromatic heterocycles. The van der Waals surface area contributed by atoms with Crippen LogP contribution in [0.3, 0.4) is 0 Å². The highest BCUT2D eigenvalue weighted by atomic mass is 79.9. The molecule has 1 aromatic carbocycles. The summed E-state index contributed by atoms with van der Waals surface area (Å²) in [6.45, 7) is 6.31. The minimum absolute atomic E-state index is 0.416. The van der Waals surface area contributed by atoms with Gasteiger partial charge in [-0.15, -0.1) is 11.8 Å². The van der Waals surface area contributed by atoms with Crippen molar-refractivity contribution in [2.24, 2.45) is 5.41 Å². The first kappa shape index (κ1) is 15.4. The van der Waals surface area contributed by atoms with Crippen molar-refractivity contribution in [1.29, 1.82) is 0 Å². The van der Waals surface area contributed by atoms with E-state index in [9.17, 15) is 0 Å². The highest BCUT2D eigenvalue weighted by Crippen LogP contribution is 2.38. The van der Waals surface area contributed by atoms with E-state index in [4.69, 9.17) is 4.74 Å². The van der Waals surface area contributed by atoms with E-state index >= 15 is 0 Å². The zero-order valence-corrected chi connectivity index (χ0v) is 14.2. The van der Waals surface area contributed by atoms with E-state index < -0.39 is 0 Å². The molecule has 0 atom stereocenters. The maximum absolute atomic E-state index is 5.49. The molecule has 106 valence electrons. The van der Waals surface area contributed by atoms with Gasteiger partial charge in [-0.25, -0.2) is 0 Å². The number of rotatable bonds is 5. The first-order valence-electron chi connectivity index (χ1n) is 7.02. The largest absolute Gasteiger partial charge is 0.381 e. The molecular weight excluding hydrogens is 320 g/mol. The fourth-order valence-electron chi connectivity index (χ4n) is 2.31. The summed E-state index contributed by atoms with van der Waals surface area (Å²) in [5.41, 5.74) is 1.84. The van der Waals surface area contributed by atoms with Gasteiger partial charge >= 0.3 is 0 Å². The number of ether oxygens (including phenoxy) is 1. The number of thioether (sulfide) groups is 1. The average molecular weight is 343 g/mol. The van der Waals surface area contributed by atoms with Crippen molar-refractivity contribution in [2.45, 2.75) is 37.5 Å². The van der Waals surface area contributed by atoms with Gasteiger partial charge in [-0.2, -0.15) is 0 Å². The smallest absolute Gasteiger partial charge is 0.0471 e. The van der Waals surface area contributed by atoms with Crippen LogP contribution in [0, 0.1) is 5.41 Å². The molecular formula is C16H23BrOS. The fourth-order valence-corrected chi connectivity index (χ4v) is 4.52. The van der Waals surface area contributed by atoms with Gasteiger partial charge in [-0.1, -0.05) is 41.9 Å².